The average Bonchev–Trinajstić information content (AvgIpc) is 3.03. The molecule has 154 valence electrons. The normalized spacial score (nSPS) is 12.6. The summed E-state index contributed by atoms with van der Waals surface area (Å²) in [4.78, 5) is 34.2. The van der Waals surface area contributed by atoms with E-state index in [-0.39, 0.29) is 25.5 Å². The number of aliphatic carboxylic acids is 1. The van der Waals surface area contributed by atoms with Gasteiger partial charge in [0.05, 0.1) is 13.0 Å². The highest BCUT2D eigenvalue weighted by Gasteiger charge is 2.28. The Kier molecular flexibility index (Phi) is 6.71. The fourth-order valence-corrected chi connectivity index (χ4v) is 3.46. The van der Waals surface area contributed by atoms with Crippen molar-refractivity contribution in [1.82, 2.24) is 10.6 Å². The van der Waals surface area contributed by atoms with Crippen LogP contribution in [0.5, 0.6) is 0 Å². The zero-order valence-corrected chi connectivity index (χ0v) is 16.5. The van der Waals surface area contributed by atoms with Crippen LogP contribution >= 0.6 is 0 Å². The third kappa shape index (κ3) is 5.17. The van der Waals surface area contributed by atoms with E-state index in [1.165, 1.54) is 0 Å². The van der Waals surface area contributed by atoms with Gasteiger partial charge in [0.25, 0.3) is 5.91 Å². The van der Waals surface area contributed by atoms with Crippen molar-refractivity contribution in [2.45, 2.75) is 25.3 Å². The molecule has 0 saturated heterocycles. The number of amides is 2. The van der Waals surface area contributed by atoms with Gasteiger partial charge in [-0.25, -0.2) is 4.79 Å². The number of ether oxygens (including phenoxy) is 1. The Balaban J connectivity index is 1.48. The lowest BCUT2D eigenvalue weighted by atomic mass is 9.98. The highest BCUT2D eigenvalue weighted by Crippen LogP contribution is 2.44. The predicted octanol–water partition coefficient (Wildman–Crippen LogP) is 2.51. The second-order valence-corrected chi connectivity index (χ2v) is 6.95. The number of alkyl carbamates (subject to hydrolysis) is 1. The topological polar surface area (TPSA) is 105 Å². The minimum absolute atomic E-state index is 0.0317. The van der Waals surface area contributed by atoms with E-state index in [9.17, 15) is 14.4 Å². The second-order valence-electron chi connectivity index (χ2n) is 6.95. The van der Waals surface area contributed by atoms with E-state index in [2.05, 4.69) is 34.6 Å². The van der Waals surface area contributed by atoms with Gasteiger partial charge in [-0.3, -0.25) is 9.59 Å². The largest absolute Gasteiger partial charge is 0.481 e. The molecule has 0 aliphatic heterocycles. The van der Waals surface area contributed by atoms with Gasteiger partial charge in [0, 0.05) is 12.0 Å². The lowest BCUT2D eigenvalue weighted by molar-refractivity contribution is -0.137. The van der Waals surface area contributed by atoms with Crippen LogP contribution < -0.4 is 10.6 Å². The first-order chi connectivity index (χ1) is 14.5. The zero-order chi connectivity index (χ0) is 21.5. The lowest BCUT2D eigenvalue weighted by Gasteiger charge is -2.14. The van der Waals surface area contributed by atoms with Gasteiger partial charge in [-0.15, -0.1) is 0 Å². The quantitative estimate of drug-likeness (QED) is 0.640. The van der Waals surface area contributed by atoms with E-state index in [0.29, 0.717) is 0 Å². The van der Waals surface area contributed by atoms with Crippen LogP contribution in [-0.2, 0) is 14.3 Å². The van der Waals surface area contributed by atoms with Crippen molar-refractivity contribution in [2.24, 2.45) is 0 Å². The minimum Gasteiger partial charge on any atom is -0.481 e. The van der Waals surface area contributed by atoms with Crippen molar-refractivity contribution in [2.75, 3.05) is 13.2 Å². The number of carboxylic acid groups (broad SMARTS) is 1. The Hall–Kier alpha value is -3.79. The molecule has 1 aliphatic rings. The first-order valence-corrected chi connectivity index (χ1v) is 9.55. The molecule has 0 aromatic heterocycles. The number of rotatable bonds is 6. The molecule has 1 unspecified atom stereocenters. The van der Waals surface area contributed by atoms with Crippen LogP contribution in [-0.4, -0.2) is 42.3 Å². The van der Waals surface area contributed by atoms with E-state index >= 15 is 0 Å². The number of fused-ring (bicyclic) bond motifs is 3. The number of nitrogens with one attached hydrogen (secondary N) is 2. The molecule has 3 rings (SSSR count). The predicted molar refractivity (Wildman–Crippen MR) is 111 cm³/mol. The van der Waals surface area contributed by atoms with Crippen molar-refractivity contribution in [3.05, 3.63) is 59.7 Å². The summed E-state index contributed by atoms with van der Waals surface area (Å²) in [6.45, 7) is 1.71. The third-order valence-corrected chi connectivity index (χ3v) is 4.73. The van der Waals surface area contributed by atoms with Gasteiger partial charge in [0.15, 0.2) is 0 Å². The maximum absolute atomic E-state index is 12.0. The van der Waals surface area contributed by atoms with Crippen molar-refractivity contribution in [3.63, 3.8) is 0 Å². The fraction of sp³-hybridized carbons (Fsp3) is 0.261. The molecule has 7 heteroatoms. The summed E-state index contributed by atoms with van der Waals surface area (Å²) < 4.78 is 5.37. The molecular formula is C23H22N2O5. The summed E-state index contributed by atoms with van der Waals surface area (Å²) in [5.74, 6) is 3.18. The molecule has 0 radical (unpaired) electrons. The summed E-state index contributed by atoms with van der Waals surface area (Å²) in [5, 5.41) is 13.6. The van der Waals surface area contributed by atoms with Crippen molar-refractivity contribution in [3.8, 4) is 23.0 Å². The van der Waals surface area contributed by atoms with Crippen molar-refractivity contribution in [1.29, 1.82) is 0 Å². The summed E-state index contributed by atoms with van der Waals surface area (Å²) >= 11 is 0. The summed E-state index contributed by atoms with van der Waals surface area (Å²) in [6.07, 6.45) is -0.809. The van der Waals surface area contributed by atoms with Gasteiger partial charge < -0.3 is 20.5 Å². The molecule has 30 heavy (non-hydrogen) atoms. The van der Waals surface area contributed by atoms with E-state index in [1.54, 1.807) is 6.92 Å². The molecule has 0 heterocycles. The fourth-order valence-electron chi connectivity index (χ4n) is 3.46. The smallest absolute Gasteiger partial charge is 0.407 e. The third-order valence-electron chi connectivity index (χ3n) is 4.73. The molecule has 0 saturated carbocycles. The maximum Gasteiger partial charge on any atom is 0.407 e. The van der Waals surface area contributed by atoms with Gasteiger partial charge in [-0.2, -0.15) is 0 Å². The lowest BCUT2D eigenvalue weighted by Crippen LogP contribution is -2.33. The molecule has 1 aliphatic carbocycles. The molecule has 1 atom stereocenters. The maximum atomic E-state index is 12.0. The Labute approximate surface area is 174 Å². The molecule has 0 fully saturated rings. The molecular weight excluding hydrogens is 384 g/mol. The molecule has 0 spiro atoms. The van der Waals surface area contributed by atoms with E-state index < -0.39 is 24.0 Å². The van der Waals surface area contributed by atoms with Crippen LogP contribution in [0.25, 0.3) is 11.1 Å². The first kappa shape index (κ1) is 20.9. The van der Waals surface area contributed by atoms with Crippen LogP contribution in [0.4, 0.5) is 4.79 Å². The number of carbonyl (C=O) groups excluding carboxylic acids is 2. The Morgan fingerprint density at radius 1 is 1.07 bits per heavy atom. The molecule has 0 bridgehead atoms. The van der Waals surface area contributed by atoms with Crippen LogP contribution in [0.3, 0.4) is 0 Å². The highest BCUT2D eigenvalue weighted by atomic mass is 16.5. The second kappa shape index (κ2) is 9.61. The van der Waals surface area contributed by atoms with Gasteiger partial charge in [-0.05, 0) is 35.1 Å². The standard InChI is InChI=1S/C23H22N2O5/c1-15(13-22(27)28)25-21(26)11-6-12-24-23(29)30-14-20-18-9-4-2-7-16(18)17-8-3-5-10-19(17)20/h2-5,7-10,15,20H,12-14H2,1H3,(H,24,29)(H,25,26)(H,27,28). The Morgan fingerprint density at radius 2 is 1.67 bits per heavy atom. The van der Waals surface area contributed by atoms with Crippen LogP contribution in [0.1, 0.15) is 30.4 Å². The Morgan fingerprint density at radius 3 is 2.27 bits per heavy atom. The number of benzene rings is 2. The van der Waals surface area contributed by atoms with Crippen LogP contribution in [0.2, 0.25) is 0 Å². The zero-order valence-electron chi connectivity index (χ0n) is 16.5. The summed E-state index contributed by atoms with van der Waals surface area (Å²) in [7, 11) is 0. The van der Waals surface area contributed by atoms with E-state index in [4.69, 9.17) is 9.84 Å². The molecule has 3 N–H and O–H groups in total. The summed E-state index contributed by atoms with van der Waals surface area (Å²) in [6, 6.07) is 15.6. The molecule has 2 aromatic rings. The van der Waals surface area contributed by atoms with Crippen LogP contribution in [0.15, 0.2) is 48.5 Å². The monoisotopic (exact) mass is 406 g/mol. The van der Waals surface area contributed by atoms with E-state index in [1.807, 2.05) is 36.4 Å². The van der Waals surface area contributed by atoms with Crippen molar-refractivity contribution >= 4 is 18.0 Å². The highest BCUT2D eigenvalue weighted by molar-refractivity contribution is 5.94. The minimum atomic E-state index is -1.01. The SMILES string of the molecule is CC(CC(=O)O)NC(=O)C#CCNC(=O)OCC1c2ccccc2-c2ccccc21. The molecule has 2 aromatic carbocycles. The van der Waals surface area contributed by atoms with E-state index in [0.717, 1.165) is 22.3 Å². The van der Waals surface area contributed by atoms with Gasteiger partial charge in [-0.1, -0.05) is 54.5 Å². The number of hydrogen-bond acceptors (Lipinski definition) is 4. The number of hydrogen-bond donors (Lipinski definition) is 3. The Bertz CT molecular complexity index is 976. The summed E-state index contributed by atoms with van der Waals surface area (Å²) in [5.41, 5.74) is 4.55. The van der Waals surface area contributed by atoms with Gasteiger partial charge in [0.2, 0.25) is 0 Å². The molecule has 7 nitrogen and oxygen atoms in total. The van der Waals surface area contributed by atoms with Gasteiger partial charge in [0.1, 0.15) is 6.61 Å². The van der Waals surface area contributed by atoms with Crippen molar-refractivity contribution < 1.29 is 24.2 Å². The first-order valence-electron chi connectivity index (χ1n) is 9.55. The average molecular weight is 406 g/mol. The van der Waals surface area contributed by atoms with Gasteiger partial charge >= 0.3 is 12.1 Å². The van der Waals surface area contributed by atoms with Crippen LogP contribution in [0, 0.1) is 11.8 Å². The number of carbonyl (C=O) groups is 3. The number of carboxylic acids is 1. The molecule has 2 amide bonds.